The van der Waals surface area contributed by atoms with Gasteiger partial charge in [-0.3, -0.25) is 4.99 Å². The highest BCUT2D eigenvalue weighted by molar-refractivity contribution is 14.0. The molecule has 0 aromatic rings. The van der Waals surface area contributed by atoms with E-state index in [1.165, 1.54) is 31.9 Å². The van der Waals surface area contributed by atoms with Crippen LogP contribution in [0, 0.1) is 17.3 Å². The van der Waals surface area contributed by atoms with Crippen LogP contribution < -0.4 is 10.6 Å². The number of piperidine rings is 1. The number of hydrogen-bond donors (Lipinski definition) is 2. The van der Waals surface area contributed by atoms with Crippen molar-refractivity contribution in [2.24, 2.45) is 22.2 Å². The molecule has 0 unspecified atom stereocenters. The number of nitrogens with one attached hydrogen (secondary N) is 2. The van der Waals surface area contributed by atoms with Gasteiger partial charge < -0.3 is 10.6 Å². The number of sulfonamides is 1. The summed E-state index contributed by atoms with van der Waals surface area (Å²) in [5.74, 6) is 2.14. The van der Waals surface area contributed by atoms with Gasteiger partial charge in [0.25, 0.3) is 0 Å². The zero-order chi connectivity index (χ0) is 19.2. The largest absolute Gasteiger partial charge is 0.357 e. The Morgan fingerprint density at radius 1 is 1.22 bits per heavy atom. The van der Waals surface area contributed by atoms with E-state index in [0.717, 1.165) is 44.4 Å². The second kappa shape index (κ2) is 11.2. The number of hydrogen-bond acceptors (Lipinski definition) is 3. The third-order valence-electron chi connectivity index (χ3n) is 5.77. The van der Waals surface area contributed by atoms with Crippen LogP contribution in [0.5, 0.6) is 0 Å². The molecule has 1 aliphatic carbocycles. The van der Waals surface area contributed by atoms with E-state index in [9.17, 15) is 8.42 Å². The molecule has 8 heteroatoms. The molecule has 0 amide bonds. The molecule has 160 valence electrons. The molecule has 2 N–H and O–H groups in total. The van der Waals surface area contributed by atoms with E-state index in [1.54, 1.807) is 4.31 Å². The van der Waals surface area contributed by atoms with Crippen molar-refractivity contribution in [2.75, 3.05) is 39.0 Å². The Hall–Kier alpha value is -0.0900. The van der Waals surface area contributed by atoms with Gasteiger partial charge in [0.05, 0.1) is 6.26 Å². The summed E-state index contributed by atoms with van der Waals surface area (Å²) < 4.78 is 24.8. The van der Waals surface area contributed by atoms with E-state index in [0.29, 0.717) is 24.4 Å². The van der Waals surface area contributed by atoms with Gasteiger partial charge in [0.1, 0.15) is 0 Å². The summed E-state index contributed by atoms with van der Waals surface area (Å²) in [5.41, 5.74) is 0.414. The first kappa shape index (κ1) is 24.9. The molecule has 2 fully saturated rings. The minimum Gasteiger partial charge on any atom is -0.357 e. The Kier molecular flexibility index (Phi) is 10.3. The van der Waals surface area contributed by atoms with E-state index < -0.39 is 10.0 Å². The number of halogens is 1. The van der Waals surface area contributed by atoms with Crippen LogP contribution in [0.15, 0.2) is 4.99 Å². The lowest BCUT2D eigenvalue weighted by atomic mass is 9.64. The third-order valence-corrected chi connectivity index (χ3v) is 7.08. The van der Waals surface area contributed by atoms with Gasteiger partial charge in [-0.25, -0.2) is 12.7 Å². The van der Waals surface area contributed by atoms with Crippen LogP contribution in [-0.2, 0) is 10.0 Å². The molecule has 2 aliphatic rings. The fraction of sp³-hybridized carbons (Fsp3) is 0.947. The molecule has 0 atom stereocenters. The molecule has 2 rings (SSSR count). The van der Waals surface area contributed by atoms with Gasteiger partial charge in [-0.2, -0.15) is 0 Å². The van der Waals surface area contributed by atoms with E-state index in [1.807, 2.05) is 0 Å². The van der Waals surface area contributed by atoms with Gasteiger partial charge in [0.15, 0.2) is 5.96 Å². The van der Waals surface area contributed by atoms with Crippen molar-refractivity contribution in [3.8, 4) is 0 Å². The number of aliphatic imine (C=N–C) groups is 1. The first-order chi connectivity index (χ1) is 12.2. The molecule has 1 aliphatic heterocycles. The molecule has 27 heavy (non-hydrogen) atoms. The van der Waals surface area contributed by atoms with Crippen LogP contribution in [0.3, 0.4) is 0 Å². The fourth-order valence-corrected chi connectivity index (χ4v) is 5.12. The topological polar surface area (TPSA) is 73.8 Å². The van der Waals surface area contributed by atoms with E-state index in [4.69, 9.17) is 4.99 Å². The Labute approximate surface area is 183 Å². The molecular formula is C19H39IN4O2S. The zero-order valence-electron chi connectivity index (χ0n) is 17.5. The lowest BCUT2D eigenvalue weighted by Gasteiger charge is -2.42. The average molecular weight is 515 g/mol. The van der Waals surface area contributed by atoms with E-state index in [-0.39, 0.29) is 24.0 Å². The van der Waals surface area contributed by atoms with Crippen LogP contribution in [0.4, 0.5) is 0 Å². The van der Waals surface area contributed by atoms with Crippen molar-refractivity contribution in [3.63, 3.8) is 0 Å². The first-order valence-electron chi connectivity index (χ1n) is 10.2. The second-order valence-corrected chi connectivity index (χ2v) is 10.6. The number of guanidine groups is 1. The first-order valence-corrected chi connectivity index (χ1v) is 12.1. The zero-order valence-corrected chi connectivity index (χ0v) is 20.6. The Morgan fingerprint density at radius 2 is 1.85 bits per heavy atom. The maximum absolute atomic E-state index is 11.6. The lowest BCUT2D eigenvalue weighted by Crippen LogP contribution is -2.44. The van der Waals surface area contributed by atoms with Gasteiger partial charge in [-0.05, 0) is 56.3 Å². The van der Waals surface area contributed by atoms with Gasteiger partial charge in [-0.1, -0.05) is 20.3 Å². The maximum atomic E-state index is 11.6. The minimum atomic E-state index is -3.04. The van der Waals surface area contributed by atoms with Crippen LogP contribution >= 0.6 is 24.0 Å². The van der Waals surface area contributed by atoms with Crippen molar-refractivity contribution in [1.82, 2.24) is 14.9 Å². The predicted octanol–water partition coefficient (Wildman–Crippen LogP) is 3.05. The normalized spacial score (nSPS) is 21.4. The maximum Gasteiger partial charge on any atom is 0.211 e. The summed E-state index contributed by atoms with van der Waals surface area (Å²) in [6, 6.07) is 0. The van der Waals surface area contributed by atoms with Crippen molar-refractivity contribution in [1.29, 1.82) is 0 Å². The second-order valence-electron chi connectivity index (χ2n) is 8.63. The lowest BCUT2D eigenvalue weighted by molar-refractivity contribution is 0.111. The summed E-state index contributed by atoms with van der Waals surface area (Å²) >= 11 is 0. The fourth-order valence-electron chi connectivity index (χ4n) is 4.24. The van der Waals surface area contributed by atoms with Gasteiger partial charge in [-0.15, -0.1) is 24.0 Å². The molecule has 1 saturated heterocycles. The molecule has 1 heterocycles. The number of nitrogens with zero attached hydrogens (tertiary/aromatic N) is 2. The summed E-state index contributed by atoms with van der Waals surface area (Å²) in [7, 11) is -3.04. The van der Waals surface area contributed by atoms with Crippen molar-refractivity contribution in [3.05, 3.63) is 0 Å². The van der Waals surface area contributed by atoms with E-state index in [2.05, 4.69) is 31.4 Å². The van der Waals surface area contributed by atoms with Gasteiger partial charge in [0.2, 0.25) is 10.0 Å². The standard InChI is InChI=1S/C19H38N4O2S.HI/c1-5-20-18(22-15-19(9-6-10-19)13-16(2)3)21-14-17-7-11-23(12-8-17)26(4,24)25;/h16-17H,5-15H2,1-4H3,(H2,20,21,22);1H. The highest BCUT2D eigenvalue weighted by Gasteiger charge is 2.37. The molecule has 0 aromatic carbocycles. The summed E-state index contributed by atoms with van der Waals surface area (Å²) in [5, 5.41) is 6.85. The van der Waals surface area contributed by atoms with Crippen LogP contribution in [-0.4, -0.2) is 57.7 Å². The Balaban J connectivity index is 0.00000364. The molecule has 0 spiro atoms. The van der Waals surface area contributed by atoms with Crippen LogP contribution in [0.25, 0.3) is 0 Å². The number of rotatable bonds is 8. The third kappa shape index (κ3) is 8.04. The van der Waals surface area contributed by atoms with E-state index >= 15 is 0 Å². The summed E-state index contributed by atoms with van der Waals surface area (Å²) in [6.45, 7) is 10.6. The SMILES string of the molecule is CCNC(=NCC1(CC(C)C)CCC1)NCC1CCN(S(C)(=O)=O)CC1.I. The molecule has 0 bridgehead atoms. The monoisotopic (exact) mass is 514 g/mol. The smallest absolute Gasteiger partial charge is 0.211 e. The summed E-state index contributed by atoms with van der Waals surface area (Å²) in [6.07, 6.45) is 8.34. The molecule has 0 radical (unpaired) electrons. The molecule has 0 aromatic heterocycles. The highest BCUT2D eigenvalue weighted by atomic mass is 127. The van der Waals surface area contributed by atoms with Crippen LogP contribution in [0.1, 0.15) is 59.3 Å². The Morgan fingerprint density at radius 3 is 2.30 bits per heavy atom. The summed E-state index contributed by atoms with van der Waals surface area (Å²) in [4.78, 5) is 4.89. The van der Waals surface area contributed by atoms with Crippen molar-refractivity contribution < 1.29 is 8.42 Å². The van der Waals surface area contributed by atoms with Crippen molar-refractivity contribution in [2.45, 2.75) is 59.3 Å². The quantitative estimate of drug-likeness (QED) is 0.297. The molecule has 1 saturated carbocycles. The minimum absolute atomic E-state index is 0. The average Bonchev–Trinajstić information content (AvgIpc) is 2.53. The van der Waals surface area contributed by atoms with Gasteiger partial charge >= 0.3 is 0 Å². The molecular weight excluding hydrogens is 475 g/mol. The van der Waals surface area contributed by atoms with Crippen LogP contribution in [0.2, 0.25) is 0 Å². The highest BCUT2D eigenvalue weighted by Crippen LogP contribution is 2.46. The Bertz CT molecular complexity index is 568. The van der Waals surface area contributed by atoms with Gasteiger partial charge in [0, 0.05) is 32.7 Å². The van der Waals surface area contributed by atoms with Crippen molar-refractivity contribution >= 4 is 40.0 Å². The predicted molar refractivity (Wildman–Crippen MR) is 124 cm³/mol. The molecule has 6 nitrogen and oxygen atoms in total.